The number of hydrogen-bond acceptors (Lipinski definition) is 1. The van der Waals surface area contributed by atoms with E-state index in [0.29, 0.717) is 0 Å². The third kappa shape index (κ3) is 3.99. The van der Waals surface area contributed by atoms with Gasteiger partial charge >= 0.3 is 0 Å². The van der Waals surface area contributed by atoms with Crippen LogP contribution in [-0.4, -0.2) is 11.2 Å². The van der Waals surface area contributed by atoms with E-state index in [1.165, 1.54) is 57.8 Å². The minimum absolute atomic E-state index is 0.0510. The summed E-state index contributed by atoms with van der Waals surface area (Å²) < 4.78 is 0. The molecule has 0 spiro atoms. The molecule has 0 aromatic carbocycles. The van der Waals surface area contributed by atoms with Crippen molar-refractivity contribution in [3.63, 3.8) is 0 Å². The van der Waals surface area contributed by atoms with Crippen LogP contribution in [0.3, 0.4) is 0 Å². The van der Waals surface area contributed by atoms with Crippen LogP contribution in [0.15, 0.2) is 11.6 Å². The van der Waals surface area contributed by atoms with Crippen molar-refractivity contribution in [3.05, 3.63) is 11.6 Å². The van der Waals surface area contributed by atoms with Gasteiger partial charge in [0, 0.05) is 0 Å². The van der Waals surface area contributed by atoms with Crippen molar-refractivity contribution in [1.29, 1.82) is 0 Å². The molecule has 0 aliphatic heterocycles. The molecule has 0 aromatic heterocycles. The van der Waals surface area contributed by atoms with E-state index >= 15 is 0 Å². The van der Waals surface area contributed by atoms with E-state index in [4.69, 9.17) is 0 Å². The van der Waals surface area contributed by atoms with E-state index in [1.807, 2.05) is 0 Å². The number of rotatable bonds is 6. The molecule has 0 saturated heterocycles. The van der Waals surface area contributed by atoms with E-state index < -0.39 is 0 Å². The number of allylic oxidation sites excluding steroid dienone is 1. The molecule has 4 rings (SSSR count). The fourth-order valence-electron chi connectivity index (χ4n) is 8.36. The second-order valence-electron chi connectivity index (χ2n) is 11.5. The number of hydrogen-bond donors (Lipinski definition) is 1. The molecule has 4 aliphatic rings. The largest absolute Gasteiger partial charge is 0.393 e. The minimum atomic E-state index is -0.0510. The fourth-order valence-corrected chi connectivity index (χ4v) is 8.36. The van der Waals surface area contributed by atoms with Gasteiger partial charge in [0.2, 0.25) is 0 Å². The first-order chi connectivity index (χ1) is 13.5. The summed E-state index contributed by atoms with van der Waals surface area (Å²) in [5.41, 5.74) is 1.64. The summed E-state index contributed by atoms with van der Waals surface area (Å²) >= 11 is 0. The van der Waals surface area contributed by atoms with E-state index in [1.54, 1.807) is 5.57 Å². The molecule has 0 radical (unpaired) electrons. The van der Waals surface area contributed by atoms with Gasteiger partial charge in [-0.1, -0.05) is 52.2 Å². The lowest BCUT2D eigenvalue weighted by molar-refractivity contribution is 0.0277. The summed E-state index contributed by atoms with van der Waals surface area (Å²) in [5.74, 6) is 8.51. The molecule has 1 nitrogen and oxygen atoms in total. The Morgan fingerprint density at radius 2 is 1.64 bits per heavy atom. The van der Waals surface area contributed by atoms with Crippen LogP contribution >= 0.6 is 0 Å². The lowest BCUT2D eigenvalue weighted by Crippen LogP contribution is -2.42. The highest BCUT2D eigenvalue weighted by Crippen LogP contribution is 2.59. The molecule has 1 heteroatoms. The average molecular weight is 387 g/mol. The Morgan fingerprint density at radius 3 is 2.39 bits per heavy atom. The molecule has 0 unspecified atom stereocenters. The lowest BCUT2D eigenvalue weighted by atomic mass is 9.56. The van der Waals surface area contributed by atoms with Crippen LogP contribution < -0.4 is 0 Å². The van der Waals surface area contributed by atoms with E-state index in [2.05, 4.69) is 33.8 Å². The van der Waals surface area contributed by atoms with E-state index in [0.717, 1.165) is 66.1 Å². The second-order valence-corrected chi connectivity index (χ2v) is 11.5. The first kappa shape index (κ1) is 21.0. The summed E-state index contributed by atoms with van der Waals surface area (Å²) in [6, 6.07) is 0. The summed E-state index contributed by atoms with van der Waals surface area (Å²) in [7, 11) is 0. The Kier molecular flexibility index (Phi) is 6.60. The van der Waals surface area contributed by atoms with Crippen LogP contribution in [0, 0.1) is 53.3 Å². The highest BCUT2D eigenvalue weighted by molar-refractivity contribution is 5.19. The summed E-state index contributed by atoms with van der Waals surface area (Å²) in [6.07, 6.45) is 17.4. The number of aliphatic hydroxyl groups excluding tert-OH is 1. The Balaban J connectivity index is 1.38. The third-order valence-electron chi connectivity index (χ3n) is 9.98. The van der Waals surface area contributed by atoms with Gasteiger partial charge in [0.25, 0.3) is 0 Å². The van der Waals surface area contributed by atoms with Crippen molar-refractivity contribution in [3.8, 4) is 0 Å². The Bertz CT molecular complexity index is 548. The maximum Gasteiger partial charge on any atom is 0.0577 e. The highest BCUT2D eigenvalue weighted by atomic mass is 16.3. The maximum absolute atomic E-state index is 10.1. The molecule has 3 saturated carbocycles. The first-order valence-electron chi connectivity index (χ1n) is 12.9. The quantitative estimate of drug-likeness (QED) is 0.477. The van der Waals surface area contributed by atoms with Gasteiger partial charge in [0.1, 0.15) is 0 Å². The molecule has 4 aliphatic carbocycles. The SMILES string of the molecule is CC[C@@H](CC[C@@H](C)[C@@H]1CC[C@H]2[C@@H]1CC[C@H]1[C@H]2CC=C2C[C@@H](O)CC[C@@H]21)C(C)C. The summed E-state index contributed by atoms with van der Waals surface area (Å²) in [4.78, 5) is 0. The minimum Gasteiger partial charge on any atom is -0.393 e. The van der Waals surface area contributed by atoms with Crippen LogP contribution in [0.25, 0.3) is 0 Å². The standard InChI is InChI=1S/C27H46O/c1-5-19(17(2)3)7-6-18(4)22-12-13-27-24(22)14-15-25-23-11-9-21(28)16-20(23)8-10-26(25)27/h8,17-19,21-28H,5-7,9-16H2,1-4H3/t18-,19+,21+,22+,23+,24-,25-,26-,27+/m1/s1. The molecule has 0 bridgehead atoms. The lowest BCUT2D eigenvalue weighted by Gasteiger charge is -2.50. The van der Waals surface area contributed by atoms with Gasteiger partial charge in [-0.05, 0) is 111 Å². The normalized spacial score (nSPS) is 42.4. The van der Waals surface area contributed by atoms with Gasteiger partial charge in [-0.3, -0.25) is 0 Å². The van der Waals surface area contributed by atoms with E-state index in [9.17, 15) is 5.11 Å². The molecule has 28 heavy (non-hydrogen) atoms. The molecule has 3 fully saturated rings. The van der Waals surface area contributed by atoms with Gasteiger partial charge in [-0.25, -0.2) is 0 Å². The zero-order valence-electron chi connectivity index (χ0n) is 19.1. The molecule has 160 valence electrons. The molecule has 1 N–H and O–H groups in total. The predicted molar refractivity (Wildman–Crippen MR) is 119 cm³/mol. The molecular formula is C27H46O. The highest BCUT2D eigenvalue weighted by Gasteiger charge is 2.50. The smallest absolute Gasteiger partial charge is 0.0577 e. The topological polar surface area (TPSA) is 20.2 Å². The second kappa shape index (κ2) is 8.83. The Labute approximate surface area is 174 Å². The summed E-state index contributed by atoms with van der Waals surface area (Å²) in [5, 5.41) is 10.1. The van der Waals surface area contributed by atoms with Crippen molar-refractivity contribution in [1.82, 2.24) is 0 Å². The Hall–Kier alpha value is -0.300. The van der Waals surface area contributed by atoms with Crippen molar-refractivity contribution < 1.29 is 5.11 Å². The van der Waals surface area contributed by atoms with Gasteiger partial charge in [0.05, 0.1) is 6.10 Å². The fraction of sp³-hybridized carbons (Fsp3) is 0.926. The van der Waals surface area contributed by atoms with Gasteiger partial charge in [-0.2, -0.15) is 0 Å². The monoisotopic (exact) mass is 386 g/mol. The van der Waals surface area contributed by atoms with E-state index in [-0.39, 0.29) is 6.10 Å². The van der Waals surface area contributed by atoms with Crippen molar-refractivity contribution in [2.75, 3.05) is 0 Å². The molecule has 9 atom stereocenters. The predicted octanol–water partition coefficient (Wildman–Crippen LogP) is 7.24. The van der Waals surface area contributed by atoms with Crippen LogP contribution in [0.4, 0.5) is 0 Å². The van der Waals surface area contributed by atoms with Crippen LogP contribution in [0.2, 0.25) is 0 Å². The van der Waals surface area contributed by atoms with Crippen LogP contribution in [-0.2, 0) is 0 Å². The van der Waals surface area contributed by atoms with Crippen molar-refractivity contribution in [2.24, 2.45) is 53.3 Å². The third-order valence-corrected chi connectivity index (χ3v) is 9.98. The number of fused-ring (bicyclic) bond motifs is 5. The Morgan fingerprint density at radius 1 is 0.893 bits per heavy atom. The average Bonchev–Trinajstić information content (AvgIpc) is 3.12. The van der Waals surface area contributed by atoms with Crippen molar-refractivity contribution in [2.45, 2.75) is 104 Å². The zero-order valence-corrected chi connectivity index (χ0v) is 19.1. The van der Waals surface area contributed by atoms with Gasteiger partial charge < -0.3 is 5.11 Å². The zero-order chi connectivity index (χ0) is 19.8. The molecule has 0 aromatic rings. The molecular weight excluding hydrogens is 340 g/mol. The van der Waals surface area contributed by atoms with Crippen LogP contribution in [0.1, 0.15) is 98.3 Å². The van der Waals surface area contributed by atoms with Gasteiger partial charge in [0.15, 0.2) is 0 Å². The number of aliphatic hydroxyl groups is 1. The molecule has 0 amide bonds. The summed E-state index contributed by atoms with van der Waals surface area (Å²) in [6.45, 7) is 9.81. The maximum atomic E-state index is 10.1. The van der Waals surface area contributed by atoms with Gasteiger partial charge in [-0.15, -0.1) is 0 Å². The molecule has 0 heterocycles. The van der Waals surface area contributed by atoms with Crippen molar-refractivity contribution >= 4 is 0 Å². The first-order valence-corrected chi connectivity index (χ1v) is 12.9. The van der Waals surface area contributed by atoms with Crippen LogP contribution in [0.5, 0.6) is 0 Å².